The number of rotatable bonds is 6. The molecule has 1 N–H and O–H groups in total. The lowest BCUT2D eigenvalue weighted by Crippen LogP contribution is -2.56. The molecule has 5 saturated carbocycles. The molecule has 46 heavy (non-hydrogen) atoms. The van der Waals surface area contributed by atoms with Gasteiger partial charge in [0.15, 0.2) is 5.79 Å². The number of nitrogens with one attached hydrogen (secondary N) is 1. The Balaban J connectivity index is 0.858. The van der Waals surface area contributed by atoms with E-state index in [4.69, 9.17) is 9.47 Å². The molecule has 1 unspecified atom stereocenters. The lowest BCUT2D eigenvalue weighted by atomic mass is 9.44. The summed E-state index contributed by atoms with van der Waals surface area (Å²) in [7, 11) is 4.19. The zero-order chi connectivity index (χ0) is 32.2. The van der Waals surface area contributed by atoms with Gasteiger partial charge < -0.3 is 24.6 Å². The molecule has 3 heterocycles. The summed E-state index contributed by atoms with van der Waals surface area (Å²) < 4.78 is 13.6. The molecule has 0 aromatic carbocycles. The first-order chi connectivity index (χ1) is 21.9. The second-order valence-electron chi connectivity index (χ2n) is 18.5. The van der Waals surface area contributed by atoms with Gasteiger partial charge in [0.1, 0.15) is 6.42 Å². The van der Waals surface area contributed by atoms with E-state index in [1.807, 2.05) is 4.90 Å². The van der Waals surface area contributed by atoms with Crippen LogP contribution >= 0.6 is 0 Å². The molecule has 8 aliphatic rings. The molecule has 8 heteroatoms. The van der Waals surface area contributed by atoms with Gasteiger partial charge in [0.05, 0.1) is 12.7 Å². The quantitative estimate of drug-likeness (QED) is 0.428. The number of carbonyl (C=O) groups is 2. The summed E-state index contributed by atoms with van der Waals surface area (Å²) in [5.41, 5.74) is 0.939. The molecule has 1 spiro atoms. The molecule has 3 aliphatic heterocycles. The molecule has 5 aliphatic carbocycles. The molecule has 8 fully saturated rings. The average molecular weight is 639 g/mol. The van der Waals surface area contributed by atoms with E-state index in [0.717, 1.165) is 76.5 Å². The van der Waals surface area contributed by atoms with Crippen LogP contribution in [-0.2, 0) is 19.1 Å². The molecule has 13 atom stereocenters. The summed E-state index contributed by atoms with van der Waals surface area (Å²) in [5, 5.41) is 3.33. The maximum atomic E-state index is 13.1. The second-order valence-corrected chi connectivity index (χ2v) is 18.5. The van der Waals surface area contributed by atoms with Gasteiger partial charge in [-0.3, -0.25) is 14.5 Å². The number of nitrogens with zero attached hydrogens (tertiary/aromatic N) is 3. The summed E-state index contributed by atoms with van der Waals surface area (Å²) in [4.78, 5) is 32.6. The van der Waals surface area contributed by atoms with Crippen molar-refractivity contribution in [1.29, 1.82) is 0 Å². The third-order valence-corrected chi connectivity index (χ3v) is 16.0. The van der Waals surface area contributed by atoms with Crippen molar-refractivity contribution < 1.29 is 19.1 Å². The van der Waals surface area contributed by atoms with Crippen molar-refractivity contribution in [2.75, 3.05) is 60.0 Å². The van der Waals surface area contributed by atoms with Crippen LogP contribution < -0.4 is 5.32 Å². The van der Waals surface area contributed by atoms with Crippen molar-refractivity contribution >= 4 is 11.8 Å². The third kappa shape index (κ3) is 4.65. The normalized spacial score (nSPS) is 50.9. The Morgan fingerprint density at radius 1 is 0.913 bits per heavy atom. The lowest BCUT2D eigenvalue weighted by molar-refractivity contribution is -0.212. The smallest absolute Gasteiger partial charge is 0.232 e. The Morgan fingerprint density at radius 2 is 1.67 bits per heavy atom. The largest absolute Gasteiger partial charge is 0.353 e. The maximum Gasteiger partial charge on any atom is 0.232 e. The van der Waals surface area contributed by atoms with E-state index in [-0.39, 0.29) is 35.5 Å². The zero-order valence-corrected chi connectivity index (χ0v) is 29.7. The molecule has 8 nitrogen and oxygen atoms in total. The van der Waals surface area contributed by atoms with E-state index in [1.54, 1.807) is 0 Å². The highest BCUT2D eigenvalue weighted by Gasteiger charge is 2.89. The van der Waals surface area contributed by atoms with Crippen LogP contribution in [0.15, 0.2) is 0 Å². The first kappa shape index (κ1) is 32.0. The average Bonchev–Trinajstić information content (AvgIpc) is 3.23. The molecule has 0 aromatic rings. The summed E-state index contributed by atoms with van der Waals surface area (Å²) >= 11 is 0. The highest BCUT2D eigenvalue weighted by molar-refractivity contribution is 5.97. The van der Waals surface area contributed by atoms with Gasteiger partial charge in [0.25, 0.3) is 0 Å². The summed E-state index contributed by atoms with van der Waals surface area (Å²) in [6, 6.07) is 0.211. The minimum absolute atomic E-state index is 0.00346. The Kier molecular flexibility index (Phi) is 7.76. The molecule has 8 rings (SSSR count). The van der Waals surface area contributed by atoms with Gasteiger partial charge in [-0.2, -0.15) is 0 Å². The molecule has 2 amide bonds. The number of carbonyl (C=O) groups excluding carboxylic acids is 2. The van der Waals surface area contributed by atoms with E-state index in [9.17, 15) is 9.59 Å². The zero-order valence-electron chi connectivity index (χ0n) is 29.7. The van der Waals surface area contributed by atoms with Gasteiger partial charge in [0.2, 0.25) is 11.8 Å². The number of hydrogen-bond donors (Lipinski definition) is 1. The van der Waals surface area contributed by atoms with Crippen LogP contribution in [0.2, 0.25) is 0 Å². The summed E-state index contributed by atoms with van der Waals surface area (Å²) in [6.45, 7) is 16.3. The van der Waals surface area contributed by atoms with Crippen LogP contribution in [0.4, 0.5) is 0 Å². The molecule has 0 radical (unpaired) electrons. The molecular formula is C38H62N4O4. The van der Waals surface area contributed by atoms with Crippen molar-refractivity contribution in [1.82, 2.24) is 20.0 Å². The number of hydrogen-bond acceptors (Lipinski definition) is 6. The second kappa shape index (κ2) is 11.1. The fraction of sp³-hybridized carbons (Fsp3) is 0.947. The van der Waals surface area contributed by atoms with Gasteiger partial charge in [-0.05, 0) is 112 Å². The van der Waals surface area contributed by atoms with E-state index in [2.05, 4.69) is 56.9 Å². The van der Waals surface area contributed by atoms with Crippen molar-refractivity contribution in [3.8, 4) is 0 Å². The van der Waals surface area contributed by atoms with Crippen LogP contribution in [0.5, 0.6) is 0 Å². The minimum atomic E-state index is -0.266. The number of piperazine rings is 1. The fourth-order valence-electron chi connectivity index (χ4n) is 13.6. The highest BCUT2D eigenvalue weighted by Crippen LogP contribution is 2.84. The van der Waals surface area contributed by atoms with Crippen molar-refractivity contribution in [3.05, 3.63) is 0 Å². The fourth-order valence-corrected chi connectivity index (χ4v) is 13.6. The topological polar surface area (TPSA) is 74.3 Å². The lowest BCUT2D eigenvalue weighted by Gasteiger charge is -2.61. The van der Waals surface area contributed by atoms with Crippen molar-refractivity contribution in [2.45, 2.75) is 110 Å². The predicted molar refractivity (Wildman–Crippen MR) is 178 cm³/mol. The number of amides is 2. The van der Waals surface area contributed by atoms with Gasteiger partial charge in [-0.1, -0.05) is 27.7 Å². The van der Waals surface area contributed by atoms with Gasteiger partial charge >= 0.3 is 0 Å². The van der Waals surface area contributed by atoms with Crippen LogP contribution in [0, 0.1) is 57.7 Å². The molecule has 3 saturated heterocycles. The molecule has 0 aromatic heterocycles. The van der Waals surface area contributed by atoms with Crippen LogP contribution in [0.1, 0.15) is 91.9 Å². The Hall–Kier alpha value is -1.22. The minimum Gasteiger partial charge on any atom is -0.353 e. The molecule has 258 valence electrons. The monoisotopic (exact) mass is 638 g/mol. The summed E-state index contributed by atoms with van der Waals surface area (Å²) in [6.07, 6.45) is 11.5. The van der Waals surface area contributed by atoms with Crippen LogP contribution in [0.3, 0.4) is 0 Å². The van der Waals surface area contributed by atoms with Gasteiger partial charge in [-0.25, -0.2) is 0 Å². The van der Waals surface area contributed by atoms with E-state index < -0.39 is 0 Å². The predicted octanol–water partition coefficient (Wildman–Crippen LogP) is 4.62. The van der Waals surface area contributed by atoms with Crippen LogP contribution in [-0.4, -0.2) is 104 Å². The standard InChI is InChI=1S/C38H62N4O4/c1-24-19-31-37(4)34-30(46-38(31,37)45-23-24)21-29-27-8-7-25-20-26(9-11-35(25,2)28(27)10-12-36(29,34)3)39-32(43)22-33(44)42-17-15-41(16-18-42)14-13-40(5)6/h24-31,34H,7-23H2,1-6H3,(H,39,43)/t24-,25+,26+,27+,28-,29-,30-,31?,34-,35-,36-,37-,38+/m0/s1. The Morgan fingerprint density at radius 3 is 2.43 bits per heavy atom. The Bertz CT molecular complexity index is 1220. The first-order valence-electron chi connectivity index (χ1n) is 19.1. The van der Waals surface area contributed by atoms with E-state index >= 15 is 0 Å². The number of likely N-dealkylation sites (N-methyl/N-ethyl adjacent to an activating group) is 1. The van der Waals surface area contributed by atoms with E-state index in [1.165, 1.54) is 44.9 Å². The summed E-state index contributed by atoms with van der Waals surface area (Å²) in [5.74, 6) is 4.58. The SMILES string of the molecule is C[C@@H]1CO[C@]23O[C@H]4C[C@H]5[C@@H]6CC[C@@H]7C[C@H](NC(=O)CC(=O)N8CCN(CCN(C)C)CC8)CC[C@]7(C)[C@H]6CC[C@]5(C)[C@H]4[C@]2(C)C3C1. The van der Waals surface area contributed by atoms with E-state index in [0.29, 0.717) is 40.6 Å². The van der Waals surface area contributed by atoms with Crippen molar-refractivity contribution in [3.63, 3.8) is 0 Å². The Labute approximate surface area is 278 Å². The number of ether oxygens (including phenoxy) is 2. The van der Waals surface area contributed by atoms with Crippen LogP contribution in [0.25, 0.3) is 0 Å². The van der Waals surface area contributed by atoms with Crippen molar-refractivity contribution in [2.24, 2.45) is 57.7 Å². The molecular weight excluding hydrogens is 576 g/mol. The third-order valence-electron chi connectivity index (χ3n) is 16.0. The number of fused-ring (bicyclic) bond motifs is 9. The first-order valence-corrected chi connectivity index (χ1v) is 19.1. The maximum absolute atomic E-state index is 13.1. The molecule has 0 bridgehead atoms. The van der Waals surface area contributed by atoms with Gasteiger partial charge in [-0.15, -0.1) is 0 Å². The van der Waals surface area contributed by atoms with Gasteiger partial charge in [0, 0.05) is 62.6 Å². The highest BCUT2D eigenvalue weighted by atomic mass is 16.7.